The Morgan fingerprint density at radius 1 is 1.15 bits per heavy atom. The van der Waals surface area contributed by atoms with Crippen LogP contribution in [0.15, 0.2) is 0 Å². The lowest BCUT2D eigenvalue weighted by atomic mass is 9.68. The standard InChI is InChI=1S/C15H26N2O3/c1-12(2)8-15(9-13(3,4)16-12)14(5,19)17(10-6-7-10)11(18)20-15/h10,16,19H,6-9H2,1-5H3/p+1/t14-/m0/s1. The SMILES string of the molecule is CC1(C)CC2(CC(C)(C)[NH2+]1)OC(=O)N(C1CC1)[C@@]2(C)O. The molecule has 5 nitrogen and oxygen atoms in total. The summed E-state index contributed by atoms with van der Waals surface area (Å²) in [4.78, 5) is 13.9. The summed E-state index contributed by atoms with van der Waals surface area (Å²) in [5.74, 6) is 0. The second kappa shape index (κ2) is 3.69. The summed E-state index contributed by atoms with van der Waals surface area (Å²) in [6, 6.07) is 0.161. The quantitative estimate of drug-likeness (QED) is 0.753. The van der Waals surface area contributed by atoms with Gasteiger partial charge >= 0.3 is 6.09 Å². The van der Waals surface area contributed by atoms with E-state index in [1.807, 2.05) is 0 Å². The molecule has 1 spiro atoms. The normalized spacial score (nSPS) is 38.1. The van der Waals surface area contributed by atoms with E-state index in [0.29, 0.717) is 12.8 Å². The topological polar surface area (TPSA) is 66.4 Å². The molecule has 3 rings (SSSR count). The number of hydrogen-bond acceptors (Lipinski definition) is 3. The fraction of sp³-hybridized carbons (Fsp3) is 0.933. The van der Waals surface area contributed by atoms with E-state index in [1.165, 1.54) is 0 Å². The zero-order valence-corrected chi connectivity index (χ0v) is 13.2. The van der Waals surface area contributed by atoms with Crippen LogP contribution in [0.3, 0.4) is 0 Å². The number of quaternary nitrogens is 1. The molecular formula is C15H27N2O3+. The minimum Gasteiger partial charge on any atom is -0.437 e. The third-order valence-corrected chi connectivity index (χ3v) is 4.99. The lowest BCUT2D eigenvalue weighted by Crippen LogP contribution is -3.07. The summed E-state index contributed by atoms with van der Waals surface area (Å²) < 4.78 is 5.81. The fourth-order valence-corrected chi connectivity index (χ4v) is 4.65. The Bertz CT molecular complexity index is 436. The fourth-order valence-electron chi connectivity index (χ4n) is 4.65. The summed E-state index contributed by atoms with van der Waals surface area (Å²) in [5.41, 5.74) is -2.14. The summed E-state index contributed by atoms with van der Waals surface area (Å²) in [7, 11) is 0. The van der Waals surface area contributed by atoms with Crippen LogP contribution in [0.4, 0.5) is 4.79 Å². The molecule has 2 saturated heterocycles. The summed E-state index contributed by atoms with van der Waals surface area (Å²) >= 11 is 0. The zero-order chi connectivity index (χ0) is 15.0. The molecule has 1 atom stereocenters. The molecule has 2 aliphatic heterocycles. The van der Waals surface area contributed by atoms with Gasteiger partial charge in [-0.2, -0.15) is 0 Å². The van der Waals surface area contributed by atoms with E-state index in [-0.39, 0.29) is 23.2 Å². The molecule has 3 fully saturated rings. The van der Waals surface area contributed by atoms with Crippen LogP contribution in [0.1, 0.15) is 60.3 Å². The molecule has 1 amide bonds. The van der Waals surface area contributed by atoms with Crippen molar-refractivity contribution in [2.24, 2.45) is 0 Å². The molecule has 2 heterocycles. The first kappa shape index (κ1) is 14.1. The van der Waals surface area contributed by atoms with Crippen molar-refractivity contribution in [2.45, 2.75) is 88.7 Å². The minimum absolute atomic E-state index is 0.0639. The number of hydrogen-bond donors (Lipinski definition) is 2. The van der Waals surface area contributed by atoms with Gasteiger partial charge in [0, 0.05) is 18.9 Å². The van der Waals surface area contributed by atoms with Crippen LogP contribution in [-0.4, -0.2) is 44.5 Å². The smallest absolute Gasteiger partial charge is 0.413 e. The van der Waals surface area contributed by atoms with Gasteiger partial charge in [0.1, 0.15) is 0 Å². The molecule has 0 aromatic carbocycles. The Hall–Kier alpha value is -0.810. The van der Waals surface area contributed by atoms with Gasteiger partial charge in [-0.3, -0.25) is 4.90 Å². The Kier molecular flexibility index (Phi) is 2.61. The summed E-state index contributed by atoms with van der Waals surface area (Å²) in [5, 5.41) is 13.5. The van der Waals surface area contributed by atoms with Gasteiger partial charge in [-0.05, 0) is 47.5 Å². The average molecular weight is 283 g/mol. The molecule has 0 aromatic rings. The molecule has 0 radical (unpaired) electrons. The molecule has 1 aliphatic carbocycles. The van der Waals surface area contributed by atoms with Crippen molar-refractivity contribution in [1.29, 1.82) is 0 Å². The maximum Gasteiger partial charge on any atom is 0.413 e. The van der Waals surface area contributed by atoms with E-state index in [0.717, 1.165) is 12.8 Å². The number of carbonyl (C=O) groups is 1. The van der Waals surface area contributed by atoms with Crippen molar-refractivity contribution >= 4 is 6.09 Å². The van der Waals surface area contributed by atoms with Crippen molar-refractivity contribution in [1.82, 2.24) is 4.90 Å². The largest absolute Gasteiger partial charge is 0.437 e. The van der Waals surface area contributed by atoms with E-state index in [2.05, 4.69) is 33.0 Å². The predicted molar refractivity (Wildman–Crippen MR) is 74.0 cm³/mol. The highest BCUT2D eigenvalue weighted by atomic mass is 16.6. The number of aliphatic hydroxyl groups is 1. The number of amides is 1. The van der Waals surface area contributed by atoms with E-state index in [1.54, 1.807) is 11.8 Å². The van der Waals surface area contributed by atoms with Gasteiger partial charge in [0.15, 0.2) is 11.3 Å². The van der Waals surface area contributed by atoms with Crippen molar-refractivity contribution in [3.8, 4) is 0 Å². The molecule has 114 valence electrons. The number of carbonyl (C=O) groups excluding carboxylic acids is 1. The first-order chi connectivity index (χ1) is 8.98. The van der Waals surface area contributed by atoms with Gasteiger partial charge < -0.3 is 15.2 Å². The second-order valence-electron chi connectivity index (χ2n) is 8.46. The molecule has 3 N–H and O–H groups in total. The van der Waals surface area contributed by atoms with Crippen LogP contribution in [-0.2, 0) is 4.74 Å². The Labute approximate surface area is 120 Å². The lowest BCUT2D eigenvalue weighted by Gasteiger charge is -2.51. The van der Waals surface area contributed by atoms with E-state index in [4.69, 9.17) is 4.74 Å². The number of rotatable bonds is 1. The van der Waals surface area contributed by atoms with E-state index >= 15 is 0 Å². The van der Waals surface area contributed by atoms with Gasteiger partial charge in [0.05, 0.1) is 11.1 Å². The van der Waals surface area contributed by atoms with E-state index in [9.17, 15) is 9.90 Å². The van der Waals surface area contributed by atoms with Crippen LogP contribution in [0.25, 0.3) is 0 Å². The highest BCUT2D eigenvalue weighted by molar-refractivity contribution is 5.73. The lowest BCUT2D eigenvalue weighted by molar-refractivity contribution is -0.793. The monoisotopic (exact) mass is 283 g/mol. The summed E-state index contributed by atoms with van der Waals surface area (Å²) in [6.07, 6.45) is 2.95. The van der Waals surface area contributed by atoms with Gasteiger partial charge in [-0.25, -0.2) is 4.79 Å². The van der Waals surface area contributed by atoms with Crippen LogP contribution < -0.4 is 5.32 Å². The minimum atomic E-state index is -1.21. The molecule has 1 saturated carbocycles. The molecule has 3 aliphatic rings. The molecule has 0 unspecified atom stereocenters. The van der Waals surface area contributed by atoms with Crippen molar-refractivity contribution < 1.29 is 20.0 Å². The molecule has 20 heavy (non-hydrogen) atoms. The van der Waals surface area contributed by atoms with Crippen LogP contribution in [0.2, 0.25) is 0 Å². The van der Waals surface area contributed by atoms with Crippen LogP contribution in [0.5, 0.6) is 0 Å². The number of ether oxygens (including phenoxy) is 1. The van der Waals surface area contributed by atoms with E-state index < -0.39 is 11.3 Å². The van der Waals surface area contributed by atoms with Crippen LogP contribution >= 0.6 is 0 Å². The highest BCUT2D eigenvalue weighted by Crippen LogP contribution is 2.51. The van der Waals surface area contributed by atoms with Gasteiger partial charge in [0.25, 0.3) is 0 Å². The maximum absolute atomic E-state index is 12.3. The average Bonchev–Trinajstić information content (AvgIpc) is 2.92. The van der Waals surface area contributed by atoms with Crippen molar-refractivity contribution in [3.63, 3.8) is 0 Å². The van der Waals surface area contributed by atoms with Gasteiger partial charge in [-0.1, -0.05) is 0 Å². The number of nitrogens with two attached hydrogens (primary N) is 1. The molecule has 0 aromatic heterocycles. The number of nitrogens with zero attached hydrogens (tertiary/aromatic N) is 1. The molecular weight excluding hydrogens is 256 g/mol. The third kappa shape index (κ3) is 1.94. The Morgan fingerprint density at radius 2 is 1.65 bits per heavy atom. The van der Waals surface area contributed by atoms with Gasteiger partial charge in [0.2, 0.25) is 0 Å². The van der Waals surface area contributed by atoms with Crippen molar-refractivity contribution in [3.05, 3.63) is 0 Å². The molecule has 0 bridgehead atoms. The number of piperidine rings is 1. The molecule has 5 heteroatoms. The summed E-state index contributed by atoms with van der Waals surface area (Å²) in [6.45, 7) is 10.4. The first-order valence-corrected chi connectivity index (χ1v) is 7.60. The van der Waals surface area contributed by atoms with Crippen LogP contribution in [0, 0.1) is 0 Å². The van der Waals surface area contributed by atoms with Crippen molar-refractivity contribution in [2.75, 3.05) is 0 Å². The first-order valence-electron chi connectivity index (χ1n) is 7.60. The maximum atomic E-state index is 12.3. The van der Waals surface area contributed by atoms with Gasteiger partial charge in [-0.15, -0.1) is 0 Å². The third-order valence-electron chi connectivity index (χ3n) is 4.99. The Morgan fingerprint density at radius 3 is 2.10 bits per heavy atom. The zero-order valence-electron chi connectivity index (χ0n) is 13.2. The Balaban J connectivity index is 2.00. The predicted octanol–water partition coefficient (Wildman–Crippen LogP) is 0.963. The second-order valence-corrected chi connectivity index (χ2v) is 8.46. The highest BCUT2D eigenvalue weighted by Gasteiger charge is 2.70.